The number of carbonyl (C=O) groups is 2. The van der Waals surface area contributed by atoms with E-state index in [1.165, 1.54) is 11.6 Å². The largest absolute Gasteiger partial charge is 0.444 e. The van der Waals surface area contributed by atoms with E-state index in [-0.39, 0.29) is 29.5 Å². The molecule has 0 spiro atoms. The Balaban J connectivity index is 1.74. The maximum absolute atomic E-state index is 13.7. The Labute approximate surface area is 226 Å². The maximum Gasteiger partial charge on any atom is 0.407 e. The van der Waals surface area contributed by atoms with Gasteiger partial charge >= 0.3 is 11.8 Å². The molecule has 0 bridgehead atoms. The van der Waals surface area contributed by atoms with E-state index in [4.69, 9.17) is 9.72 Å². The molecule has 3 aromatic rings. The minimum atomic E-state index is -0.627. The molecular formula is C28H34N6O5. The van der Waals surface area contributed by atoms with Gasteiger partial charge in [0, 0.05) is 31.7 Å². The molecule has 39 heavy (non-hydrogen) atoms. The molecule has 3 heterocycles. The van der Waals surface area contributed by atoms with E-state index in [0.717, 1.165) is 17.4 Å². The molecule has 1 unspecified atom stereocenters. The van der Waals surface area contributed by atoms with Gasteiger partial charge in [0.15, 0.2) is 16.9 Å². The Bertz CT molecular complexity index is 1570. The standard InChI is InChI=1S/C28H34N6O5/c1-6-7-16-33-22-23(30-25(33)32-15-11-14-20(17-32)29-26(37)39-28(2,3)4)31(5)27(38)34(24(22)36)18-21(35)19-12-9-8-10-13-19/h8-10,12-13,20H,11,14-18H2,1-5H3,(H,29,37). The monoisotopic (exact) mass is 534 g/mol. The lowest BCUT2D eigenvalue weighted by molar-refractivity contribution is 0.0499. The number of nitrogens with zero attached hydrogens (tertiary/aromatic N) is 5. The fourth-order valence-electron chi connectivity index (χ4n) is 4.66. The summed E-state index contributed by atoms with van der Waals surface area (Å²) in [6.45, 7) is 7.98. The lowest BCUT2D eigenvalue weighted by Crippen LogP contribution is -2.49. The normalized spacial score (nSPS) is 15.5. The Kier molecular flexibility index (Phi) is 7.95. The van der Waals surface area contributed by atoms with E-state index in [2.05, 4.69) is 17.2 Å². The van der Waals surface area contributed by atoms with Crippen molar-refractivity contribution >= 4 is 29.0 Å². The zero-order valence-corrected chi connectivity index (χ0v) is 23.0. The molecule has 1 fully saturated rings. The average molecular weight is 535 g/mol. The predicted molar refractivity (Wildman–Crippen MR) is 148 cm³/mol. The van der Waals surface area contributed by atoms with Gasteiger partial charge in [0.25, 0.3) is 5.56 Å². The lowest BCUT2D eigenvalue weighted by Gasteiger charge is -2.34. The van der Waals surface area contributed by atoms with Crippen LogP contribution in [0.15, 0.2) is 39.9 Å². The number of imidazole rings is 1. The van der Waals surface area contributed by atoms with Gasteiger partial charge in [-0.05, 0) is 40.5 Å². The molecule has 1 aromatic carbocycles. The number of fused-ring (bicyclic) bond motifs is 1. The number of aromatic nitrogens is 4. The van der Waals surface area contributed by atoms with E-state index in [1.807, 2.05) is 4.90 Å². The molecule has 11 heteroatoms. The second-order valence-electron chi connectivity index (χ2n) is 10.6. The van der Waals surface area contributed by atoms with Crippen LogP contribution >= 0.6 is 0 Å². The number of rotatable bonds is 6. The molecule has 1 aliphatic rings. The Morgan fingerprint density at radius 3 is 2.54 bits per heavy atom. The number of piperidine rings is 1. The lowest BCUT2D eigenvalue weighted by atomic mass is 10.1. The first-order chi connectivity index (χ1) is 18.5. The number of carbonyl (C=O) groups excluding carboxylic acids is 2. The summed E-state index contributed by atoms with van der Waals surface area (Å²) in [7, 11) is 1.53. The van der Waals surface area contributed by atoms with Crippen molar-refractivity contribution in [1.29, 1.82) is 0 Å². The minimum absolute atomic E-state index is 0.170. The van der Waals surface area contributed by atoms with Crippen molar-refractivity contribution in [3.8, 4) is 11.8 Å². The average Bonchev–Trinajstić information content (AvgIpc) is 3.28. The van der Waals surface area contributed by atoms with Gasteiger partial charge in [0.05, 0.1) is 13.1 Å². The maximum atomic E-state index is 13.7. The molecule has 4 rings (SSSR count). The number of benzene rings is 1. The highest BCUT2D eigenvalue weighted by Crippen LogP contribution is 2.23. The molecule has 1 aliphatic heterocycles. The summed E-state index contributed by atoms with van der Waals surface area (Å²) in [5.74, 6) is 5.97. The van der Waals surface area contributed by atoms with Crippen LogP contribution in [0.1, 0.15) is 50.9 Å². The van der Waals surface area contributed by atoms with Crippen molar-refractivity contribution in [2.45, 2.75) is 65.3 Å². The molecule has 0 aliphatic carbocycles. The van der Waals surface area contributed by atoms with E-state index >= 15 is 0 Å². The quantitative estimate of drug-likeness (QED) is 0.381. The summed E-state index contributed by atoms with van der Waals surface area (Å²) in [4.78, 5) is 58.8. The Hall–Kier alpha value is -4.33. The number of hydrogen-bond acceptors (Lipinski definition) is 7. The van der Waals surface area contributed by atoms with E-state index < -0.39 is 29.5 Å². The molecule has 2 aromatic heterocycles. The molecular weight excluding hydrogens is 500 g/mol. The molecule has 0 saturated carbocycles. The third-order valence-corrected chi connectivity index (χ3v) is 6.45. The SMILES string of the molecule is CC#CCn1c(N2CCCC(NC(=O)OC(C)(C)C)C2)nc2c1c(=O)n(CC(=O)c1ccccc1)c(=O)n2C. The van der Waals surface area contributed by atoms with Gasteiger partial charge in [-0.3, -0.25) is 23.3 Å². The first-order valence-corrected chi connectivity index (χ1v) is 12.9. The van der Waals surface area contributed by atoms with Gasteiger partial charge in [-0.25, -0.2) is 9.59 Å². The summed E-state index contributed by atoms with van der Waals surface area (Å²) < 4.78 is 9.33. The first-order valence-electron chi connectivity index (χ1n) is 12.9. The minimum Gasteiger partial charge on any atom is -0.444 e. The number of amides is 1. The third kappa shape index (κ3) is 6.06. The Morgan fingerprint density at radius 2 is 1.87 bits per heavy atom. The van der Waals surface area contributed by atoms with Crippen LogP contribution < -0.4 is 21.5 Å². The van der Waals surface area contributed by atoms with Crippen molar-refractivity contribution < 1.29 is 14.3 Å². The van der Waals surface area contributed by atoms with Gasteiger partial charge in [-0.1, -0.05) is 36.3 Å². The van der Waals surface area contributed by atoms with E-state index in [0.29, 0.717) is 24.6 Å². The van der Waals surface area contributed by atoms with Crippen molar-refractivity contribution in [2.24, 2.45) is 7.05 Å². The highest BCUT2D eigenvalue weighted by atomic mass is 16.6. The summed E-state index contributed by atoms with van der Waals surface area (Å²) >= 11 is 0. The highest BCUT2D eigenvalue weighted by Gasteiger charge is 2.29. The molecule has 11 nitrogen and oxygen atoms in total. The number of alkyl carbamates (subject to hydrolysis) is 1. The number of anilines is 1. The molecule has 1 saturated heterocycles. The molecule has 1 N–H and O–H groups in total. The summed E-state index contributed by atoms with van der Waals surface area (Å²) in [6, 6.07) is 8.35. The molecule has 0 radical (unpaired) electrons. The van der Waals surface area contributed by atoms with Crippen LogP contribution in [0.5, 0.6) is 0 Å². The summed E-state index contributed by atoms with van der Waals surface area (Å²) in [5, 5.41) is 2.92. The Morgan fingerprint density at radius 1 is 1.15 bits per heavy atom. The van der Waals surface area contributed by atoms with Crippen LogP contribution in [0.25, 0.3) is 11.2 Å². The van der Waals surface area contributed by atoms with Gasteiger partial charge < -0.3 is 15.0 Å². The van der Waals surface area contributed by atoms with Crippen LogP contribution in [-0.4, -0.2) is 55.3 Å². The molecule has 1 atom stereocenters. The van der Waals surface area contributed by atoms with Crippen molar-refractivity contribution in [3.63, 3.8) is 0 Å². The summed E-state index contributed by atoms with van der Waals surface area (Å²) in [6.07, 6.45) is 1.04. The molecule has 1 amide bonds. The zero-order valence-electron chi connectivity index (χ0n) is 23.0. The van der Waals surface area contributed by atoms with Gasteiger partial charge in [0.2, 0.25) is 5.95 Å². The zero-order chi connectivity index (χ0) is 28.3. The fraction of sp³-hybridized carbons (Fsp3) is 0.464. The number of nitrogens with one attached hydrogen (secondary N) is 1. The predicted octanol–water partition coefficient (Wildman–Crippen LogP) is 2.30. The highest BCUT2D eigenvalue weighted by molar-refractivity contribution is 5.96. The number of ether oxygens (including phenoxy) is 1. The first kappa shape index (κ1) is 27.7. The van der Waals surface area contributed by atoms with E-state index in [9.17, 15) is 19.2 Å². The van der Waals surface area contributed by atoms with Gasteiger partial charge in [0.1, 0.15) is 5.60 Å². The van der Waals surface area contributed by atoms with Crippen molar-refractivity contribution in [3.05, 3.63) is 56.7 Å². The molecule has 206 valence electrons. The van der Waals surface area contributed by atoms with Gasteiger partial charge in [-0.15, -0.1) is 5.92 Å². The van der Waals surface area contributed by atoms with Crippen LogP contribution in [0, 0.1) is 11.8 Å². The van der Waals surface area contributed by atoms with Gasteiger partial charge in [-0.2, -0.15) is 4.98 Å². The van der Waals surface area contributed by atoms with Crippen LogP contribution in [0.3, 0.4) is 0 Å². The number of ketones is 1. The van der Waals surface area contributed by atoms with Crippen LogP contribution in [0.4, 0.5) is 10.7 Å². The van der Waals surface area contributed by atoms with Crippen LogP contribution in [0.2, 0.25) is 0 Å². The van der Waals surface area contributed by atoms with Crippen molar-refractivity contribution in [2.75, 3.05) is 18.0 Å². The smallest absolute Gasteiger partial charge is 0.407 e. The number of Topliss-reactive ketones (excluding diaryl/α,β-unsaturated/α-hetero) is 1. The second kappa shape index (κ2) is 11.2. The van der Waals surface area contributed by atoms with Crippen LogP contribution in [-0.2, 0) is 24.9 Å². The fourth-order valence-corrected chi connectivity index (χ4v) is 4.66. The topological polar surface area (TPSA) is 120 Å². The summed E-state index contributed by atoms with van der Waals surface area (Å²) in [5.41, 5.74) is -1.03. The third-order valence-electron chi connectivity index (χ3n) is 6.45. The van der Waals surface area contributed by atoms with E-state index in [1.54, 1.807) is 62.6 Å². The second-order valence-corrected chi connectivity index (χ2v) is 10.6. The number of hydrogen-bond donors (Lipinski definition) is 1. The number of aryl methyl sites for hydroxylation is 1. The van der Waals surface area contributed by atoms with Crippen molar-refractivity contribution in [1.82, 2.24) is 24.0 Å².